The summed E-state index contributed by atoms with van der Waals surface area (Å²) in [5, 5.41) is 14.9. The van der Waals surface area contributed by atoms with Crippen molar-refractivity contribution in [2.24, 2.45) is 0 Å². The molecule has 0 saturated carbocycles. The summed E-state index contributed by atoms with van der Waals surface area (Å²) in [4.78, 5) is 23.1. The van der Waals surface area contributed by atoms with Gasteiger partial charge in [0.15, 0.2) is 0 Å². The van der Waals surface area contributed by atoms with Crippen molar-refractivity contribution in [3.8, 4) is 11.4 Å². The summed E-state index contributed by atoms with van der Waals surface area (Å²) in [5.41, 5.74) is 3.62. The Morgan fingerprint density at radius 1 is 1.00 bits per heavy atom. The Kier molecular flexibility index (Phi) is 9.91. The molecule has 2 aromatic heterocycles. The molecule has 2 aliphatic rings. The van der Waals surface area contributed by atoms with Gasteiger partial charge in [-0.25, -0.2) is 9.67 Å². The Morgan fingerprint density at radius 3 is 2.53 bits per heavy atom. The summed E-state index contributed by atoms with van der Waals surface area (Å²) in [6, 6.07) is 23.3. The quantitative estimate of drug-likeness (QED) is 0.185. The van der Waals surface area contributed by atoms with Gasteiger partial charge in [0.25, 0.3) is 5.91 Å². The van der Waals surface area contributed by atoms with Crippen LogP contribution in [0.25, 0.3) is 16.7 Å². The first kappa shape index (κ1) is 34.4. The molecule has 4 heterocycles. The zero-order valence-electron chi connectivity index (χ0n) is 28.3. The maximum Gasteiger partial charge on any atom is 0.522 e. The first-order chi connectivity index (χ1) is 24.7. The van der Waals surface area contributed by atoms with Crippen molar-refractivity contribution in [2.45, 2.75) is 50.0 Å². The molecule has 15 heteroatoms. The number of tetrazole rings is 1. The van der Waals surface area contributed by atoms with Crippen LogP contribution in [0.1, 0.15) is 41.6 Å². The minimum atomic E-state index is -4.68. The van der Waals surface area contributed by atoms with Gasteiger partial charge in [0, 0.05) is 44.2 Å². The molecule has 1 atom stereocenters. The fraction of sp³-hybridized carbons (Fsp3) is 0.417. The van der Waals surface area contributed by atoms with Crippen LogP contribution in [-0.2, 0) is 16.7 Å². The molecule has 2 aliphatic heterocycles. The van der Waals surface area contributed by atoms with Crippen molar-refractivity contribution in [1.29, 1.82) is 0 Å². The number of hydrogen-bond donors (Lipinski definition) is 1. The fourth-order valence-corrected chi connectivity index (χ4v) is 7.40. The molecule has 7 rings (SSSR count). The Labute approximate surface area is 293 Å². The largest absolute Gasteiger partial charge is 0.522 e. The highest BCUT2D eigenvalue weighted by Crippen LogP contribution is 2.39. The number of imidazole rings is 1. The van der Waals surface area contributed by atoms with Gasteiger partial charge in [0.2, 0.25) is 5.95 Å². The topological polar surface area (TPSA) is 115 Å². The van der Waals surface area contributed by atoms with Gasteiger partial charge >= 0.3 is 6.36 Å². The number of hydrogen-bond acceptors (Lipinski definition) is 9. The van der Waals surface area contributed by atoms with Crippen LogP contribution in [0, 0.1) is 0 Å². The van der Waals surface area contributed by atoms with Gasteiger partial charge in [-0.1, -0.05) is 42.5 Å². The molecule has 0 bridgehead atoms. The lowest BCUT2D eigenvalue weighted by Gasteiger charge is -2.36. The van der Waals surface area contributed by atoms with Crippen molar-refractivity contribution >= 4 is 22.9 Å². The SMILES string of the molecule is COc1ccc(-n2cnnn2)cc1C(=O)N1CCC(CCN2CCC(Nc3nc4ccccc4n3CCOC(F)(F)F)CC2)(c2ccccc2)C1. The normalized spacial score (nSPS) is 18.8. The van der Waals surface area contributed by atoms with Crippen LogP contribution in [0.2, 0.25) is 0 Å². The number of carbonyl (C=O) groups excluding carboxylic acids is 1. The molecule has 0 spiro atoms. The number of benzene rings is 3. The Hall–Kier alpha value is -5.02. The Morgan fingerprint density at radius 2 is 1.78 bits per heavy atom. The Bertz CT molecular complexity index is 1930. The second-order valence-corrected chi connectivity index (χ2v) is 13.1. The maximum atomic E-state index is 14.0. The maximum absolute atomic E-state index is 14.0. The molecule has 0 radical (unpaired) electrons. The van der Waals surface area contributed by atoms with E-state index >= 15 is 0 Å². The summed E-state index contributed by atoms with van der Waals surface area (Å²) in [7, 11) is 1.56. The highest BCUT2D eigenvalue weighted by molar-refractivity contribution is 5.98. The summed E-state index contributed by atoms with van der Waals surface area (Å²) >= 11 is 0. The van der Waals surface area contributed by atoms with Gasteiger partial charge in [-0.15, -0.1) is 18.3 Å². The third-order valence-electron chi connectivity index (χ3n) is 10.1. The average Bonchev–Trinajstić information content (AvgIpc) is 3.91. The molecule has 1 N–H and O–H groups in total. The number of carbonyl (C=O) groups is 1. The van der Waals surface area contributed by atoms with Crippen molar-refractivity contribution in [2.75, 3.05) is 51.8 Å². The van der Waals surface area contributed by atoms with E-state index in [1.54, 1.807) is 23.8 Å². The van der Waals surface area contributed by atoms with Gasteiger partial charge < -0.3 is 24.4 Å². The lowest BCUT2D eigenvalue weighted by Crippen LogP contribution is -2.42. The first-order valence-corrected chi connectivity index (χ1v) is 17.1. The summed E-state index contributed by atoms with van der Waals surface area (Å²) in [6.07, 6.45) is 0.254. The number of amides is 1. The molecule has 1 unspecified atom stereocenters. The van der Waals surface area contributed by atoms with Gasteiger partial charge in [-0.05, 0) is 78.6 Å². The lowest BCUT2D eigenvalue weighted by atomic mass is 9.76. The predicted molar refractivity (Wildman–Crippen MR) is 184 cm³/mol. The number of nitrogens with zero attached hydrogens (tertiary/aromatic N) is 8. The number of halogens is 3. The second-order valence-electron chi connectivity index (χ2n) is 13.1. The number of aromatic nitrogens is 6. The standard InChI is InChI=1S/C36H40F3N9O3/c1-50-32-12-11-28(48-25-40-43-44-48)23-29(32)33(49)46-20-16-35(24-46,26-7-3-2-4-8-26)15-19-45-17-13-27(14-18-45)41-34-42-30-9-5-6-10-31(30)47(34)21-22-51-36(37,38)39/h2-12,23,25,27H,13-22,24H2,1H3,(H,41,42). The zero-order valence-corrected chi connectivity index (χ0v) is 28.3. The summed E-state index contributed by atoms with van der Waals surface area (Å²) in [6.45, 7) is 3.33. The van der Waals surface area contributed by atoms with Crippen LogP contribution in [0.3, 0.4) is 0 Å². The lowest BCUT2D eigenvalue weighted by molar-refractivity contribution is -0.325. The minimum absolute atomic E-state index is 0.0276. The fourth-order valence-electron chi connectivity index (χ4n) is 7.40. The average molecular weight is 704 g/mol. The molecule has 51 heavy (non-hydrogen) atoms. The third kappa shape index (κ3) is 7.69. The molecule has 268 valence electrons. The van der Waals surface area contributed by atoms with Crippen LogP contribution in [0.4, 0.5) is 19.1 Å². The first-order valence-electron chi connectivity index (χ1n) is 17.1. The third-order valence-corrected chi connectivity index (χ3v) is 10.1. The molecular formula is C36H40F3N9O3. The van der Waals surface area contributed by atoms with E-state index in [-0.39, 0.29) is 23.9 Å². The van der Waals surface area contributed by atoms with Gasteiger partial charge in [-0.2, -0.15) is 0 Å². The van der Waals surface area contributed by atoms with Crippen LogP contribution in [0.15, 0.2) is 79.1 Å². The summed E-state index contributed by atoms with van der Waals surface area (Å²) < 4.78 is 51.1. The number of nitrogens with one attached hydrogen (secondary N) is 1. The number of ether oxygens (including phenoxy) is 2. The van der Waals surface area contributed by atoms with E-state index in [0.29, 0.717) is 36.0 Å². The van der Waals surface area contributed by atoms with E-state index in [4.69, 9.17) is 9.72 Å². The van der Waals surface area contributed by atoms with Gasteiger partial charge in [-0.3, -0.25) is 9.53 Å². The van der Waals surface area contributed by atoms with Crippen LogP contribution in [-0.4, -0.2) is 104 Å². The minimum Gasteiger partial charge on any atom is -0.496 e. The monoisotopic (exact) mass is 703 g/mol. The van der Waals surface area contributed by atoms with Crippen LogP contribution in [0.5, 0.6) is 5.75 Å². The molecular weight excluding hydrogens is 663 g/mol. The number of likely N-dealkylation sites (tertiary alicyclic amines) is 2. The highest BCUT2D eigenvalue weighted by Gasteiger charge is 2.42. The molecule has 2 saturated heterocycles. The van der Waals surface area contributed by atoms with E-state index in [0.717, 1.165) is 56.4 Å². The Balaban J connectivity index is 1.00. The number of rotatable bonds is 12. The van der Waals surface area contributed by atoms with E-state index in [1.165, 1.54) is 16.6 Å². The zero-order chi connectivity index (χ0) is 35.4. The molecule has 12 nitrogen and oxygen atoms in total. The van der Waals surface area contributed by atoms with Crippen molar-refractivity contribution in [3.05, 3.63) is 90.3 Å². The second kappa shape index (κ2) is 14.7. The van der Waals surface area contributed by atoms with Crippen LogP contribution < -0.4 is 10.1 Å². The number of methoxy groups -OCH3 is 1. The molecule has 2 fully saturated rings. The van der Waals surface area contributed by atoms with E-state index < -0.39 is 13.0 Å². The van der Waals surface area contributed by atoms with E-state index in [1.807, 2.05) is 41.3 Å². The molecule has 5 aromatic rings. The predicted octanol–water partition coefficient (Wildman–Crippen LogP) is 5.31. The number of para-hydroxylation sites is 2. The van der Waals surface area contributed by atoms with Gasteiger partial charge in [0.05, 0.1) is 36.0 Å². The van der Waals surface area contributed by atoms with Crippen molar-refractivity contribution in [1.82, 2.24) is 39.6 Å². The number of fused-ring (bicyclic) bond motifs is 1. The van der Waals surface area contributed by atoms with Crippen LogP contribution >= 0.6 is 0 Å². The van der Waals surface area contributed by atoms with E-state index in [9.17, 15) is 18.0 Å². The van der Waals surface area contributed by atoms with Gasteiger partial charge in [0.1, 0.15) is 12.1 Å². The number of piperidine rings is 1. The number of alkyl halides is 3. The highest BCUT2D eigenvalue weighted by atomic mass is 19.4. The molecule has 1 amide bonds. The van der Waals surface area contributed by atoms with E-state index in [2.05, 4.69) is 54.7 Å². The molecule has 3 aromatic carbocycles. The van der Waals surface area contributed by atoms with Crippen molar-refractivity contribution < 1.29 is 27.4 Å². The van der Waals surface area contributed by atoms with Crippen molar-refractivity contribution in [3.63, 3.8) is 0 Å². The summed E-state index contributed by atoms with van der Waals surface area (Å²) in [5.74, 6) is 0.956. The smallest absolute Gasteiger partial charge is 0.496 e. The number of anilines is 1. The molecule has 0 aliphatic carbocycles.